The van der Waals surface area contributed by atoms with Crippen LogP contribution in [0, 0.1) is 6.92 Å². The van der Waals surface area contributed by atoms with E-state index in [9.17, 15) is 4.79 Å². The fourth-order valence-corrected chi connectivity index (χ4v) is 2.72. The molecule has 0 unspecified atom stereocenters. The molecule has 0 bridgehead atoms. The Hall–Kier alpha value is -1.68. The van der Waals surface area contributed by atoms with Gasteiger partial charge in [-0.3, -0.25) is 4.79 Å². The third-order valence-corrected chi connectivity index (χ3v) is 4.02. The third kappa shape index (κ3) is 7.82. The fraction of sp³-hybridized carbons (Fsp3) is 0.353. The number of carbonyl (C=O) groups is 1. The van der Waals surface area contributed by atoms with E-state index in [1.807, 2.05) is 38.2 Å². The number of hydrogen-bond donors (Lipinski definition) is 3. The molecule has 8 heteroatoms. The normalized spacial score (nSPS) is 10.7. The molecule has 1 amide bonds. The van der Waals surface area contributed by atoms with Crippen LogP contribution in [0.3, 0.4) is 0 Å². The van der Waals surface area contributed by atoms with Crippen LogP contribution in [-0.4, -0.2) is 36.5 Å². The molecule has 1 aromatic heterocycles. The minimum Gasteiger partial charge on any atom is -0.357 e. The van der Waals surface area contributed by atoms with Crippen molar-refractivity contribution in [2.75, 3.05) is 19.6 Å². The smallest absolute Gasteiger partial charge is 0.251 e. The molecule has 0 radical (unpaired) electrons. The molecule has 0 fully saturated rings. The second kappa shape index (κ2) is 11.8. The van der Waals surface area contributed by atoms with Crippen molar-refractivity contribution in [3.05, 3.63) is 52.0 Å². The number of rotatable bonds is 7. The van der Waals surface area contributed by atoms with Gasteiger partial charge in [-0.05, 0) is 26.0 Å². The minimum absolute atomic E-state index is 0. The number of halogens is 1. The summed E-state index contributed by atoms with van der Waals surface area (Å²) in [5.41, 5.74) is 0.664. The molecule has 6 nitrogen and oxygen atoms in total. The lowest BCUT2D eigenvalue weighted by Gasteiger charge is -2.11. The zero-order valence-electron chi connectivity index (χ0n) is 14.4. The van der Waals surface area contributed by atoms with E-state index in [0.717, 1.165) is 17.5 Å². The Bertz CT molecular complexity index is 675. The molecule has 1 aromatic carbocycles. The SMILES string of the molecule is CCNC(=NCc1ncc(C)s1)NCCNC(=O)c1ccccc1.I. The molecule has 2 aromatic rings. The van der Waals surface area contributed by atoms with Gasteiger partial charge in [0.25, 0.3) is 5.91 Å². The highest BCUT2D eigenvalue weighted by molar-refractivity contribution is 14.0. The average molecular weight is 473 g/mol. The van der Waals surface area contributed by atoms with E-state index in [1.165, 1.54) is 4.88 Å². The van der Waals surface area contributed by atoms with Crippen LogP contribution in [0.15, 0.2) is 41.5 Å². The first kappa shape index (κ1) is 21.4. The summed E-state index contributed by atoms with van der Waals surface area (Å²) in [5, 5.41) is 10.3. The van der Waals surface area contributed by atoms with Gasteiger partial charge in [0.2, 0.25) is 0 Å². The molecule has 0 atom stereocenters. The van der Waals surface area contributed by atoms with Crippen molar-refractivity contribution in [2.45, 2.75) is 20.4 Å². The maximum Gasteiger partial charge on any atom is 0.251 e. The van der Waals surface area contributed by atoms with E-state index in [4.69, 9.17) is 0 Å². The van der Waals surface area contributed by atoms with Crippen molar-refractivity contribution in [3.63, 3.8) is 0 Å². The van der Waals surface area contributed by atoms with Gasteiger partial charge in [-0.2, -0.15) is 0 Å². The molecule has 2 rings (SSSR count). The molecule has 0 spiro atoms. The van der Waals surface area contributed by atoms with Crippen LogP contribution >= 0.6 is 35.3 Å². The van der Waals surface area contributed by atoms with Crippen LogP contribution in [0.25, 0.3) is 0 Å². The Labute approximate surface area is 169 Å². The summed E-state index contributed by atoms with van der Waals surface area (Å²) >= 11 is 1.65. The number of thiazole rings is 1. The standard InChI is InChI=1S/C17H23N5OS.HI/c1-3-18-17(22-12-15-21-11-13(2)24-15)20-10-9-19-16(23)14-7-5-4-6-8-14;/h4-8,11H,3,9-10,12H2,1-2H3,(H,19,23)(H2,18,20,22);1H. The van der Waals surface area contributed by atoms with Crippen molar-refractivity contribution >= 4 is 47.2 Å². The molecule has 0 saturated heterocycles. The number of guanidine groups is 1. The van der Waals surface area contributed by atoms with Gasteiger partial charge in [-0.15, -0.1) is 35.3 Å². The second-order valence-electron chi connectivity index (χ2n) is 5.11. The third-order valence-electron chi connectivity index (χ3n) is 3.12. The van der Waals surface area contributed by atoms with Gasteiger partial charge >= 0.3 is 0 Å². The van der Waals surface area contributed by atoms with Crippen LogP contribution < -0.4 is 16.0 Å². The van der Waals surface area contributed by atoms with Crippen LogP contribution in [0.4, 0.5) is 0 Å². The number of aryl methyl sites for hydroxylation is 1. The molecule has 1 heterocycles. The van der Waals surface area contributed by atoms with E-state index < -0.39 is 0 Å². The molecule has 0 saturated carbocycles. The molecule has 3 N–H and O–H groups in total. The Morgan fingerprint density at radius 3 is 2.52 bits per heavy atom. The number of hydrogen-bond acceptors (Lipinski definition) is 4. The first-order valence-corrected chi connectivity index (χ1v) is 8.77. The number of nitrogens with one attached hydrogen (secondary N) is 3. The summed E-state index contributed by atoms with van der Waals surface area (Å²) in [6.45, 7) is 6.49. The topological polar surface area (TPSA) is 78.4 Å². The zero-order valence-corrected chi connectivity index (χ0v) is 17.6. The predicted octanol–water partition coefficient (Wildman–Crippen LogP) is 2.55. The predicted molar refractivity (Wildman–Crippen MR) is 114 cm³/mol. The lowest BCUT2D eigenvalue weighted by Crippen LogP contribution is -2.41. The summed E-state index contributed by atoms with van der Waals surface area (Å²) < 4.78 is 0. The maximum atomic E-state index is 11.9. The molecule has 0 aliphatic rings. The number of amides is 1. The van der Waals surface area contributed by atoms with Gasteiger partial charge in [-0.1, -0.05) is 18.2 Å². The monoisotopic (exact) mass is 473 g/mol. The zero-order chi connectivity index (χ0) is 17.2. The Balaban J connectivity index is 0.00000312. The summed E-state index contributed by atoms with van der Waals surface area (Å²) in [4.78, 5) is 21.9. The largest absolute Gasteiger partial charge is 0.357 e. The summed E-state index contributed by atoms with van der Waals surface area (Å²) in [7, 11) is 0. The summed E-state index contributed by atoms with van der Waals surface area (Å²) in [6.07, 6.45) is 1.86. The van der Waals surface area contributed by atoms with Gasteiger partial charge in [0, 0.05) is 36.3 Å². The molecule has 136 valence electrons. The van der Waals surface area contributed by atoms with Gasteiger partial charge in [0.15, 0.2) is 5.96 Å². The number of aliphatic imine (C=N–C) groups is 1. The van der Waals surface area contributed by atoms with Crippen LogP contribution in [-0.2, 0) is 6.54 Å². The molecule has 25 heavy (non-hydrogen) atoms. The number of aromatic nitrogens is 1. The molecule has 0 aliphatic heterocycles. The highest BCUT2D eigenvalue weighted by atomic mass is 127. The van der Waals surface area contributed by atoms with Crippen molar-refractivity contribution in [2.24, 2.45) is 4.99 Å². The van der Waals surface area contributed by atoms with Crippen LogP contribution in [0.2, 0.25) is 0 Å². The Kier molecular flexibility index (Phi) is 10.1. The number of benzene rings is 1. The summed E-state index contributed by atoms with van der Waals surface area (Å²) in [5.74, 6) is 0.650. The van der Waals surface area contributed by atoms with Crippen LogP contribution in [0.5, 0.6) is 0 Å². The van der Waals surface area contributed by atoms with E-state index in [1.54, 1.807) is 23.5 Å². The lowest BCUT2D eigenvalue weighted by atomic mass is 10.2. The van der Waals surface area contributed by atoms with Gasteiger partial charge in [0.05, 0.1) is 6.54 Å². The second-order valence-corrected chi connectivity index (χ2v) is 6.43. The first-order valence-electron chi connectivity index (χ1n) is 7.95. The van der Waals surface area contributed by atoms with Crippen LogP contribution in [0.1, 0.15) is 27.2 Å². The minimum atomic E-state index is -0.0717. The van der Waals surface area contributed by atoms with Gasteiger partial charge in [0.1, 0.15) is 5.01 Å². The van der Waals surface area contributed by atoms with E-state index in [0.29, 0.717) is 25.2 Å². The van der Waals surface area contributed by atoms with Crippen molar-refractivity contribution in [1.82, 2.24) is 20.9 Å². The fourth-order valence-electron chi connectivity index (χ4n) is 2.01. The Morgan fingerprint density at radius 2 is 1.88 bits per heavy atom. The lowest BCUT2D eigenvalue weighted by molar-refractivity contribution is 0.0954. The molecular weight excluding hydrogens is 449 g/mol. The maximum absolute atomic E-state index is 11.9. The van der Waals surface area contributed by atoms with Gasteiger partial charge < -0.3 is 16.0 Å². The number of carbonyl (C=O) groups excluding carboxylic acids is 1. The van der Waals surface area contributed by atoms with Crippen molar-refractivity contribution in [1.29, 1.82) is 0 Å². The molecule has 0 aliphatic carbocycles. The average Bonchev–Trinajstić information content (AvgIpc) is 3.02. The van der Waals surface area contributed by atoms with E-state index in [-0.39, 0.29) is 29.9 Å². The first-order chi connectivity index (χ1) is 11.7. The van der Waals surface area contributed by atoms with Crippen molar-refractivity contribution < 1.29 is 4.79 Å². The summed E-state index contributed by atoms with van der Waals surface area (Å²) in [6, 6.07) is 9.18. The highest BCUT2D eigenvalue weighted by Gasteiger charge is 2.04. The van der Waals surface area contributed by atoms with Crippen molar-refractivity contribution in [3.8, 4) is 0 Å². The quantitative estimate of drug-likeness (QED) is 0.250. The van der Waals surface area contributed by atoms with E-state index >= 15 is 0 Å². The van der Waals surface area contributed by atoms with E-state index in [2.05, 4.69) is 25.9 Å². The van der Waals surface area contributed by atoms with Gasteiger partial charge in [-0.25, -0.2) is 9.98 Å². The highest BCUT2D eigenvalue weighted by Crippen LogP contribution is 2.11. The Morgan fingerprint density at radius 1 is 1.16 bits per heavy atom. The molecular formula is C17H24IN5OS. The number of nitrogens with zero attached hydrogens (tertiary/aromatic N) is 2.